The van der Waals surface area contributed by atoms with Crippen LogP contribution < -0.4 is 4.74 Å². The van der Waals surface area contributed by atoms with E-state index in [9.17, 15) is 9.50 Å². The molecule has 0 amide bonds. The molecule has 0 unspecified atom stereocenters. The van der Waals surface area contributed by atoms with Gasteiger partial charge in [-0.25, -0.2) is 4.39 Å². The Morgan fingerprint density at radius 1 is 1.53 bits per heavy atom. The number of hydrogen-bond donors (Lipinski definition) is 1. The molecule has 1 heterocycles. The van der Waals surface area contributed by atoms with Crippen molar-refractivity contribution in [1.82, 2.24) is 5.16 Å². The summed E-state index contributed by atoms with van der Waals surface area (Å²) in [7, 11) is 0. The number of halogens is 1. The molecule has 0 radical (unpaired) electrons. The van der Waals surface area contributed by atoms with Crippen molar-refractivity contribution in [3.63, 3.8) is 0 Å². The molecule has 5 heteroatoms. The number of aliphatic hydroxyl groups is 1. The van der Waals surface area contributed by atoms with Crippen molar-refractivity contribution < 1.29 is 18.8 Å². The van der Waals surface area contributed by atoms with Crippen molar-refractivity contribution in [3.8, 4) is 5.75 Å². The molecule has 0 spiro atoms. The minimum absolute atomic E-state index is 0.215. The number of hydrogen-bond acceptors (Lipinski definition) is 4. The van der Waals surface area contributed by atoms with Gasteiger partial charge in [0.15, 0.2) is 0 Å². The van der Waals surface area contributed by atoms with Gasteiger partial charge in [-0.05, 0) is 19.1 Å². The molecule has 1 aromatic heterocycles. The van der Waals surface area contributed by atoms with Crippen LogP contribution in [0.4, 0.5) is 4.39 Å². The highest BCUT2D eigenvalue weighted by molar-refractivity contribution is 5.35. The maximum Gasteiger partial charge on any atom is 0.130 e. The summed E-state index contributed by atoms with van der Waals surface area (Å²) >= 11 is 0. The highest BCUT2D eigenvalue weighted by Gasteiger charge is 2.10. The van der Waals surface area contributed by atoms with Gasteiger partial charge < -0.3 is 14.4 Å². The predicted molar refractivity (Wildman–Crippen MR) is 57.9 cm³/mol. The number of rotatable bonds is 4. The zero-order valence-corrected chi connectivity index (χ0v) is 9.26. The lowest BCUT2D eigenvalue weighted by Crippen LogP contribution is -2.01. The first kappa shape index (κ1) is 11.6. The van der Waals surface area contributed by atoms with E-state index in [0.717, 1.165) is 5.56 Å². The second-order valence-corrected chi connectivity index (χ2v) is 3.68. The SMILES string of the molecule is C[C@H](O)c1ccc(F)cc1OCc1cnoc1. The van der Waals surface area contributed by atoms with Gasteiger partial charge in [0.2, 0.25) is 0 Å². The Morgan fingerprint density at radius 2 is 2.35 bits per heavy atom. The normalized spacial score (nSPS) is 12.4. The van der Waals surface area contributed by atoms with Gasteiger partial charge in [-0.3, -0.25) is 0 Å². The molecule has 90 valence electrons. The van der Waals surface area contributed by atoms with E-state index in [1.165, 1.54) is 30.7 Å². The van der Waals surface area contributed by atoms with Gasteiger partial charge in [-0.1, -0.05) is 5.16 Å². The molecule has 0 aliphatic rings. The molecule has 1 atom stereocenters. The quantitative estimate of drug-likeness (QED) is 0.887. The molecule has 0 saturated carbocycles. The van der Waals surface area contributed by atoms with Crippen molar-refractivity contribution in [2.24, 2.45) is 0 Å². The van der Waals surface area contributed by atoms with Crippen LogP contribution in [0.25, 0.3) is 0 Å². The first-order valence-corrected chi connectivity index (χ1v) is 5.15. The molecule has 0 aliphatic carbocycles. The Labute approximate surface area is 97.6 Å². The fourth-order valence-corrected chi connectivity index (χ4v) is 1.44. The van der Waals surface area contributed by atoms with Gasteiger partial charge in [0.25, 0.3) is 0 Å². The summed E-state index contributed by atoms with van der Waals surface area (Å²) in [6.45, 7) is 1.81. The van der Waals surface area contributed by atoms with E-state index in [4.69, 9.17) is 4.74 Å². The molecule has 2 aromatic rings. The summed E-state index contributed by atoms with van der Waals surface area (Å²) in [5.74, 6) is -0.0871. The summed E-state index contributed by atoms with van der Waals surface area (Å²) in [6.07, 6.45) is 2.25. The average molecular weight is 237 g/mol. The highest BCUT2D eigenvalue weighted by atomic mass is 19.1. The van der Waals surface area contributed by atoms with Crippen molar-refractivity contribution in [2.45, 2.75) is 19.6 Å². The third-order valence-corrected chi connectivity index (χ3v) is 2.30. The van der Waals surface area contributed by atoms with E-state index >= 15 is 0 Å². The van der Waals surface area contributed by atoms with Gasteiger partial charge >= 0.3 is 0 Å². The number of nitrogens with zero attached hydrogens (tertiary/aromatic N) is 1. The van der Waals surface area contributed by atoms with Gasteiger partial charge in [-0.15, -0.1) is 0 Å². The molecule has 2 rings (SSSR count). The molecular formula is C12H12FNO3. The molecule has 0 aliphatic heterocycles. The lowest BCUT2D eigenvalue weighted by molar-refractivity contribution is 0.189. The maximum absolute atomic E-state index is 13.1. The zero-order valence-electron chi connectivity index (χ0n) is 9.26. The molecule has 0 saturated heterocycles. The summed E-state index contributed by atoms with van der Waals surface area (Å²) in [4.78, 5) is 0. The lowest BCUT2D eigenvalue weighted by Gasteiger charge is -2.12. The van der Waals surface area contributed by atoms with E-state index in [0.29, 0.717) is 11.3 Å². The fourth-order valence-electron chi connectivity index (χ4n) is 1.44. The first-order chi connectivity index (χ1) is 8.16. The Balaban J connectivity index is 2.16. The van der Waals surface area contributed by atoms with Crippen molar-refractivity contribution in [1.29, 1.82) is 0 Å². The summed E-state index contributed by atoms with van der Waals surface area (Å²) < 4.78 is 23.2. The third-order valence-electron chi connectivity index (χ3n) is 2.30. The van der Waals surface area contributed by atoms with Gasteiger partial charge in [0.1, 0.15) is 24.4 Å². The van der Waals surface area contributed by atoms with Crippen LogP contribution in [0.1, 0.15) is 24.2 Å². The smallest absolute Gasteiger partial charge is 0.130 e. The summed E-state index contributed by atoms with van der Waals surface area (Å²) in [5.41, 5.74) is 1.29. The third kappa shape index (κ3) is 2.82. The summed E-state index contributed by atoms with van der Waals surface area (Å²) in [5, 5.41) is 13.1. The fraction of sp³-hybridized carbons (Fsp3) is 0.250. The van der Waals surface area contributed by atoms with E-state index in [1.807, 2.05) is 0 Å². The number of aromatic nitrogens is 1. The van der Waals surface area contributed by atoms with Crippen LogP contribution in [0.2, 0.25) is 0 Å². The van der Waals surface area contributed by atoms with Crippen molar-refractivity contribution >= 4 is 0 Å². The highest BCUT2D eigenvalue weighted by Crippen LogP contribution is 2.26. The number of benzene rings is 1. The molecular weight excluding hydrogens is 225 g/mol. The second kappa shape index (κ2) is 4.97. The minimum atomic E-state index is -0.715. The van der Waals surface area contributed by atoms with Crippen LogP contribution in [0, 0.1) is 5.82 Å². The maximum atomic E-state index is 13.1. The number of ether oxygens (including phenoxy) is 1. The monoisotopic (exact) mass is 237 g/mol. The van der Waals surface area contributed by atoms with Crippen molar-refractivity contribution in [2.75, 3.05) is 0 Å². The van der Waals surface area contributed by atoms with E-state index in [1.54, 1.807) is 6.92 Å². The standard InChI is InChI=1S/C12H12FNO3/c1-8(15)11-3-2-10(13)4-12(11)16-6-9-5-14-17-7-9/h2-5,7-8,15H,6H2,1H3/t8-/m0/s1. The topological polar surface area (TPSA) is 55.5 Å². The summed E-state index contributed by atoms with van der Waals surface area (Å²) in [6, 6.07) is 4.03. The van der Waals surface area contributed by atoms with E-state index < -0.39 is 11.9 Å². The molecule has 1 N–H and O–H groups in total. The Hall–Kier alpha value is -1.88. The van der Waals surface area contributed by atoms with Crippen LogP contribution in [0.5, 0.6) is 5.75 Å². The van der Waals surface area contributed by atoms with Gasteiger partial charge in [0.05, 0.1) is 12.3 Å². The van der Waals surface area contributed by atoms with Crippen LogP contribution in [0.15, 0.2) is 35.2 Å². The zero-order chi connectivity index (χ0) is 12.3. The largest absolute Gasteiger partial charge is 0.488 e. The molecule has 0 bridgehead atoms. The molecule has 0 fully saturated rings. The van der Waals surface area contributed by atoms with Gasteiger partial charge in [-0.2, -0.15) is 0 Å². The van der Waals surface area contributed by atoms with E-state index in [-0.39, 0.29) is 6.61 Å². The average Bonchev–Trinajstić information content (AvgIpc) is 2.78. The molecule has 4 nitrogen and oxygen atoms in total. The Bertz CT molecular complexity index is 483. The minimum Gasteiger partial charge on any atom is -0.488 e. The van der Waals surface area contributed by atoms with Crippen LogP contribution >= 0.6 is 0 Å². The Kier molecular flexibility index (Phi) is 3.39. The van der Waals surface area contributed by atoms with Crippen LogP contribution in [0.3, 0.4) is 0 Å². The second-order valence-electron chi connectivity index (χ2n) is 3.68. The first-order valence-electron chi connectivity index (χ1n) is 5.15. The molecule has 1 aromatic carbocycles. The van der Waals surface area contributed by atoms with Crippen LogP contribution in [-0.2, 0) is 6.61 Å². The van der Waals surface area contributed by atoms with Crippen molar-refractivity contribution in [3.05, 3.63) is 47.6 Å². The van der Waals surface area contributed by atoms with E-state index in [2.05, 4.69) is 9.68 Å². The lowest BCUT2D eigenvalue weighted by atomic mass is 10.1. The van der Waals surface area contributed by atoms with Crippen LogP contribution in [-0.4, -0.2) is 10.3 Å². The van der Waals surface area contributed by atoms with Gasteiger partial charge in [0, 0.05) is 17.2 Å². The predicted octanol–water partition coefficient (Wildman–Crippen LogP) is 2.45. The Morgan fingerprint density at radius 3 is 3.00 bits per heavy atom. The number of aliphatic hydroxyl groups excluding tert-OH is 1. The molecule has 17 heavy (non-hydrogen) atoms.